The fourth-order valence-corrected chi connectivity index (χ4v) is 2.09. The predicted octanol–water partition coefficient (Wildman–Crippen LogP) is 1.05. The molecule has 94 valence electrons. The Morgan fingerprint density at radius 1 is 1.06 bits per heavy atom. The number of hydrogen-bond acceptors (Lipinski definition) is 3. The second-order valence-electron chi connectivity index (χ2n) is 4.22. The van der Waals surface area contributed by atoms with Gasteiger partial charge in [-0.2, -0.15) is 0 Å². The van der Waals surface area contributed by atoms with E-state index in [0.29, 0.717) is 6.54 Å². The van der Waals surface area contributed by atoms with Crippen molar-refractivity contribution >= 4 is 5.69 Å². The van der Waals surface area contributed by atoms with Gasteiger partial charge in [0.05, 0.1) is 0 Å². The molecule has 1 aromatic carbocycles. The van der Waals surface area contributed by atoms with Crippen LogP contribution in [0.3, 0.4) is 0 Å². The summed E-state index contributed by atoms with van der Waals surface area (Å²) in [5.41, 5.74) is 6.24. The summed E-state index contributed by atoms with van der Waals surface area (Å²) in [5, 5.41) is 0. The molecule has 0 aromatic heterocycles. The van der Waals surface area contributed by atoms with E-state index in [-0.39, 0.29) is 0 Å². The van der Waals surface area contributed by atoms with E-state index in [4.69, 9.17) is 5.73 Å². The zero-order valence-corrected chi connectivity index (χ0v) is 9.70. The number of piperazine rings is 1. The molecule has 0 saturated carbocycles. The highest BCUT2D eigenvalue weighted by atomic mass is 19.2. The molecule has 0 bridgehead atoms. The first-order chi connectivity index (χ1) is 8.20. The average Bonchev–Trinajstić information content (AvgIpc) is 2.34. The monoisotopic (exact) mass is 241 g/mol. The molecule has 3 nitrogen and oxygen atoms in total. The lowest BCUT2D eigenvalue weighted by molar-refractivity contribution is 0.265. The van der Waals surface area contributed by atoms with Gasteiger partial charge in [0.1, 0.15) is 0 Å². The van der Waals surface area contributed by atoms with E-state index in [0.717, 1.165) is 38.4 Å². The van der Waals surface area contributed by atoms with Gasteiger partial charge >= 0.3 is 0 Å². The normalized spacial score (nSPS) is 17.5. The van der Waals surface area contributed by atoms with Crippen molar-refractivity contribution in [2.45, 2.75) is 0 Å². The molecule has 0 unspecified atom stereocenters. The summed E-state index contributed by atoms with van der Waals surface area (Å²) >= 11 is 0. The van der Waals surface area contributed by atoms with Crippen LogP contribution in [0.25, 0.3) is 0 Å². The maximum absolute atomic E-state index is 13.1. The molecule has 5 heteroatoms. The Morgan fingerprint density at radius 3 is 2.35 bits per heavy atom. The predicted molar refractivity (Wildman–Crippen MR) is 64.1 cm³/mol. The first-order valence-corrected chi connectivity index (χ1v) is 5.83. The Labute approximate surface area is 99.8 Å². The first-order valence-electron chi connectivity index (χ1n) is 5.83. The van der Waals surface area contributed by atoms with Crippen LogP contribution in [0.15, 0.2) is 18.2 Å². The van der Waals surface area contributed by atoms with Crippen molar-refractivity contribution in [2.75, 3.05) is 44.2 Å². The van der Waals surface area contributed by atoms with Gasteiger partial charge in [-0.05, 0) is 12.1 Å². The van der Waals surface area contributed by atoms with E-state index in [9.17, 15) is 8.78 Å². The number of benzene rings is 1. The summed E-state index contributed by atoms with van der Waals surface area (Å²) in [6.07, 6.45) is 0. The summed E-state index contributed by atoms with van der Waals surface area (Å²) in [5.74, 6) is -1.58. The number of hydrogen-bond donors (Lipinski definition) is 1. The molecule has 0 atom stereocenters. The molecule has 1 aliphatic heterocycles. The number of nitrogens with two attached hydrogens (primary N) is 1. The Balaban J connectivity index is 1.98. The third-order valence-electron chi connectivity index (χ3n) is 3.09. The summed E-state index contributed by atoms with van der Waals surface area (Å²) in [7, 11) is 0. The Morgan fingerprint density at radius 2 is 1.76 bits per heavy atom. The van der Waals surface area contributed by atoms with Crippen LogP contribution in [0.1, 0.15) is 0 Å². The van der Waals surface area contributed by atoms with Crippen molar-refractivity contribution in [2.24, 2.45) is 5.73 Å². The van der Waals surface area contributed by atoms with Crippen LogP contribution in [-0.4, -0.2) is 44.2 Å². The summed E-state index contributed by atoms with van der Waals surface area (Å²) in [6, 6.07) is 4.06. The lowest BCUT2D eigenvalue weighted by atomic mass is 10.2. The maximum atomic E-state index is 13.1. The molecule has 1 aliphatic rings. The fraction of sp³-hybridized carbons (Fsp3) is 0.500. The van der Waals surface area contributed by atoms with Crippen LogP contribution in [-0.2, 0) is 0 Å². The third-order valence-corrected chi connectivity index (χ3v) is 3.09. The van der Waals surface area contributed by atoms with E-state index >= 15 is 0 Å². The van der Waals surface area contributed by atoms with E-state index in [1.54, 1.807) is 6.07 Å². The van der Waals surface area contributed by atoms with Crippen LogP contribution in [0.5, 0.6) is 0 Å². The minimum Gasteiger partial charge on any atom is -0.369 e. The van der Waals surface area contributed by atoms with Crippen LogP contribution in [0, 0.1) is 11.6 Å². The fourth-order valence-electron chi connectivity index (χ4n) is 2.09. The maximum Gasteiger partial charge on any atom is 0.160 e. The molecular formula is C12H17F2N3. The van der Waals surface area contributed by atoms with Crippen molar-refractivity contribution in [3.8, 4) is 0 Å². The van der Waals surface area contributed by atoms with E-state index in [1.807, 2.05) is 0 Å². The highest BCUT2D eigenvalue weighted by Crippen LogP contribution is 2.19. The van der Waals surface area contributed by atoms with Crippen molar-refractivity contribution in [1.82, 2.24) is 4.90 Å². The standard InChI is InChI=1S/C12H17F2N3/c13-11-2-1-10(9-12(11)14)17-7-5-16(4-3-15)6-8-17/h1-2,9H,3-8,15H2. The molecule has 1 heterocycles. The van der Waals surface area contributed by atoms with Gasteiger partial charge in [-0.3, -0.25) is 4.90 Å². The summed E-state index contributed by atoms with van der Waals surface area (Å²) in [4.78, 5) is 4.34. The molecule has 1 aromatic rings. The summed E-state index contributed by atoms with van der Waals surface area (Å²) < 4.78 is 25.9. The molecule has 1 saturated heterocycles. The quantitative estimate of drug-likeness (QED) is 0.858. The Kier molecular flexibility index (Phi) is 3.91. The number of nitrogens with zero attached hydrogens (tertiary/aromatic N) is 2. The SMILES string of the molecule is NCCN1CCN(c2ccc(F)c(F)c2)CC1. The Bertz CT molecular complexity index is 376. The zero-order valence-electron chi connectivity index (χ0n) is 9.70. The van der Waals surface area contributed by atoms with Crippen molar-refractivity contribution in [3.63, 3.8) is 0 Å². The van der Waals surface area contributed by atoms with Gasteiger partial charge in [0.25, 0.3) is 0 Å². The van der Waals surface area contributed by atoms with Crippen molar-refractivity contribution in [1.29, 1.82) is 0 Å². The van der Waals surface area contributed by atoms with Gasteiger partial charge in [-0.25, -0.2) is 8.78 Å². The zero-order chi connectivity index (χ0) is 12.3. The van der Waals surface area contributed by atoms with Crippen LogP contribution < -0.4 is 10.6 Å². The topological polar surface area (TPSA) is 32.5 Å². The first kappa shape index (κ1) is 12.3. The second-order valence-corrected chi connectivity index (χ2v) is 4.22. The molecule has 2 rings (SSSR count). The van der Waals surface area contributed by atoms with Crippen LogP contribution in [0.2, 0.25) is 0 Å². The molecular weight excluding hydrogens is 224 g/mol. The van der Waals surface area contributed by atoms with Gasteiger partial charge in [0, 0.05) is 51.0 Å². The van der Waals surface area contributed by atoms with Crippen LogP contribution in [0.4, 0.5) is 14.5 Å². The van der Waals surface area contributed by atoms with Gasteiger partial charge in [0.15, 0.2) is 11.6 Å². The van der Waals surface area contributed by atoms with Crippen LogP contribution >= 0.6 is 0 Å². The molecule has 17 heavy (non-hydrogen) atoms. The third kappa shape index (κ3) is 2.92. The summed E-state index contributed by atoms with van der Waals surface area (Å²) in [6.45, 7) is 5.03. The van der Waals surface area contributed by atoms with Crippen molar-refractivity contribution in [3.05, 3.63) is 29.8 Å². The second kappa shape index (κ2) is 5.42. The molecule has 0 radical (unpaired) electrons. The van der Waals surface area contributed by atoms with E-state index in [2.05, 4.69) is 9.80 Å². The molecule has 0 aliphatic carbocycles. The smallest absolute Gasteiger partial charge is 0.160 e. The van der Waals surface area contributed by atoms with Gasteiger partial charge < -0.3 is 10.6 Å². The van der Waals surface area contributed by atoms with Gasteiger partial charge in [0.2, 0.25) is 0 Å². The molecule has 1 fully saturated rings. The van der Waals surface area contributed by atoms with Crippen molar-refractivity contribution < 1.29 is 8.78 Å². The Hall–Kier alpha value is -1.20. The van der Waals surface area contributed by atoms with E-state index < -0.39 is 11.6 Å². The average molecular weight is 241 g/mol. The van der Waals surface area contributed by atoms with Gasteiger partial charge in [-0.15, -0.1) is 0 Å². The minimum absolute atomic E-state index is 0.658. The lowest BCUT2D eigenvalue weighted by Gasteiger charge is -2.35. The largest absolute Gasteiger partial charge is 0.369 e. The lowest BCUT2D eigenvalue weighted by Crippen LogP contribution is -2.47. The highest BCUT2D eigenvalue weighted by molar-refractivity contribution is 5.47. The molecule has 2 N–H and O–H groups in total. The molecule has 0 amide bonds. The number of anilines is 1. The van der Waals surface area contributed by atoms with E-state index in [1.165, 1.54) is 12.1 Å². The number of halogens is 2. The van der Waals surface area contributed by atoms with Gasteiger partial charge in [-0.1, -0.05) is 0 Å². The molecule has 0 spiro atoms. The highest BCUT2D eigenvalue weighted by Gasteiger charge is 2.17. The minimum atomic E-state index is -0.796. The number of rotatable bonds is 3.